The summed E-state index contributed by atoms with van der Waals surface area (Å²) in [6.45, 7) is 9.34. The molecule has 1 heterocycles. The summed E-state index contributed by atoms with van der Waals surface area (Å²) < 4.78 is 0. The van der Waals surface area contributed by atoms with Crippen LogP contribution in [0.5, 0.6) is 0 Å². The highest BCUT2D eigenvalue weighted by Gasteiger charge is 2.25. The molecule has 0 saturated carbocycles. The second kappa shape index (κ2) is 5.72. The van der Waals surface area contributed by atoms with Crippen LogP contribution in [0.1, 0.15) is 46.5 Å². The molecule has 2 atom stereocenters. The Hall–Kier alpha value is -0.0800. The maximum Gasteiger partial charge on any atom is 0.0168 e. The summed E-state index contributed by atoms with van der Waals surface area (Å²) in [7, 11) is 0. The third-order valence-electron chi connectivity index (χ3n) is 3.80. The molecule has 84 valence electrons. The fraction of sp³-hybridized carbons (Fsp3) is 1.00. The van der Waals surface area contributed by atoms with Gasteiger partial charge in [0.15, 0.2) is 0 Å². The SMILES string of the molecule is CCC(CC)C(C)N1CCCC(N)C1. The zero-order valence-corrected chi connectivity index (χ0v) is 10.00. The standard InChI is InChI=1S/C12H26N2/c1-4-11(5-2)10(3)14-8-6-7-12(13)9-14/h10-12H,4-9,13H2,1-3H3. The lowest BCUT2D eigenvalue weighted by Gasteiger charge is -2.38. The zero-order valence-electron chi connectivity index (χ0n) is 10.00. The van der Waals surface area contributed by atoms with E-state index in [1.807, 2.05) is 0 Å². The maximum absolute atomic E-state index is 6.00. The van der Waals surface area contributed by atoms with Gasteiger partial charge >= 0.3 is 0 Å². The molecule has 1 fully saturated rings. The molecule has 1 aliphatic heterocycles. The van der Waals surface area contributed by atoms with Crippen molar-refractivity contribution < 1.29 is 0 Å². The molecule has 0 spiro atoms. The molecule has 0 amide bonds. The number of likely N-dealkylation sites (tertiary alicyclic amines) is 1. The van der Waals surface area contributed by atoms with Gasteiger partial charge in [-0.2, -0.15) is 0 Å². The van der Waals surface area contributed by atoms with E-state index in [2.05, 4.69) is 25.7 Å². The highest BCUT2D eigenvalue weighted by molar-refractivity contribution is 4.81. The molecular weight excluding hydrogens is 172 g/mol. The molecule has 2 unspecified atom stereocenters. The molecule has 0 aromatic heterocycles. The Labute approximate surface area is 88.8 Å². The van der Waals surface area contributed by atoms with Crippen molar-refractivity contribution in [3.8, 4) is 0 Å². The summed E-state index contributed by atoms with van der Waals surface area (Å²) in [6.07, 6.45) is 5.09. The van der Waals surface area contributed by atoms with Gasteiger partial charge in [0.2, 0.25) is 0 Å². The second-order valence-electron chi connectivity index (χ2n) is 4.71. The lowest BCUT2D eigenvalue weighted by atomic mass is 9.92. The van der Waals surface area contributed by atoms with Gasteiger partial charge in [-0.05, 0) is 32.2 Å². The Balaban J connectivity index is 2.45. The minimum absolute atomic E-state index is 0.417. The van der Waals surface area contributed by atoms with Gasteiger partial charge < -0.3 is 5.73 Å². The van der Waals surface area contributed by atoms with Gasteiger partial charge in [-0.25, -0.2) is 0 Å². The van der Waals surface area contributed by atoms with Gasteiger partial charge in [0.05, 0.1) is 0 Å². The minimum atomic E-state index is 0.417. The molecule has 0 aromatic carbocycles. The number of rotatable bonds is 4. The summed E-state index contributed by atoms with van der Waals surface area (Å²) in [6, 6.07) is 1.14. The average molecular weight is 198 g/mol. The summed E-state index contributed by atoms with van der Waals surface area (Å²) >= 11 is 0. The molecule has 14 heavy (non-hydrogen) atoms. The number of nitrogens with two attached hydrogens (primary N) is 1. The van der Waals surface area contributed by atoms with Crippen LogP contribution in [0.2, 0.25) is 0 Å². The van der Waals surface area contributed by atoms with Gasteiger partial charge in [-0.15, -0.1) is 0 Å². The largest absolute Gasteiger partial charge is 0.327 e. The molecule has 2 heteroatoms. The van der Waals surface area contributed by atoms with Crippen LogP contribution in [0, 0.1) is 5.92 Å². The average Bonchev–Trinajstić information content (AvgIpc) is 2.19. The van der Waals surface area contributed by atoms with Crippen molar-refractivity contribution in [1.29, 1.82) is 0 Å². The predicted molar refractivity (Wildman–Crippen MR) is 62.3 cm³/mol. The Morgan fingerprint density at radius 2 is 2.00 bits per heavy atom. The smallest absolute Gasteiger partial charge is 0.0168 e. The van der Waals surface area contributed by atoms with Crippen LogP contribution in [-0.4, -0.2) is 30.1 Å². The Bertz CT molecular complexity index is 154. The summed E-state index contributed by atoms with van der Waals surface area (Å²) in [4.78, 5) is 2.59. The van der Waals surface area contributed by atoms with E-state index in [-0.39, 0.29) is 0 Å². The van der Waals surface area contributed by atoms with Gasteiger partial charge in [-0.3, -0.25) is 4.90 Å². The summed E-state index contributed by atoms with van der Waals surface area (Å²) in [5.74, 6) is 0.847. The first-order chi connectivity index (χ1) is 6.69. The topological polar surface area (TPSA) is 29.3 Å². The van der Waals surface area contributed by atoms with E-state index in [4.69, 9.17) is 5.73 Å². The zero-order chi connectivity index (χ0) is 10.6. The van der Waals surface area contributed by atoms with Crippen molar-refractivity contribution in [2.75, 3.05) is 13.1 Å². The molecule has 2 nitrogen and oxygen atoms in total. The lowest BCUT2D eigenvalue weighted by Crippen LogP contribution is -2.48. The third-order valence-corrected chi connectivity index (χ3v) is 3.80. The molecule has 1 aliphatic rings. The molecule has 1 saturated heterocycles. The second-order valence-corrected chi connectivity index (χ2v) is 4.71. The number of hydrogen-bond acceptors (Lipinski definition) is 2. The number of piperidine rings is 1. The Morgan fingerprint density at radius 1 is 1.36 bits per heavy atom. The summed E-state index contributed by atoms with van der Waals surface area (Å²) in [5.41, 5.74) is 6.00. The quantitative estimate of drug-likeness (QED) is 0.750. The van der Waals surface area contributed by atoms with E-state index in [0.29, 0.717) is 6.04 Å². The van der Waals surface area contributed by atoms with Gasteiger partial charge in [-0.1, -0.05) is 26.7 Å². The van der Waals surface area contributed by atoms with Gasteiger partial charge in [0.25, 0.3) is 0 Å². The van der Waals surface area contributed by atoms with Crippen LogP contribution < -0.4 is 5.73 Å². The fourth-order valence-corrected chi connectivity index (χ4v) is 2.68. The van der Waals surface area contributed by atoms with E-state index in [0.717, 1.165) is 18.5 Å². The number of hydrogen-bond donors (Lipinski definition) is 1. The van der Waals surface area contributed by atoms with Crippen LogP contribution >= 0.6 is 0 Å². The molecule has 1 rings (SSSR count). The Morgan fingerprint density at radius 3 is 2.50 bits per heavy atom. The molecule has 2 N–H and O–H groups in total. The predicted octanol–water partition coefficient (Wildman–Crippen LogP) is 2.23. The first-order valence-corrected chi connectivity index (χ1v) is 6.18. The van der Waals surface area contributed by atoms with E-state index in [1.165, 1.54) is 32.2 Å². The lowest BCUT2D eigenvalue weighted by molar-refractivity contribution is 0.113. The minimum Gasteiger partial charge on any atom is -0.327 e. The van der Waals surface area contributed by atoms with Crippen LogP contribution in [0.15, 0.2) is 0 Å². The third kappa shape index (κ3) is 2.96. The molecule has 0 radical (unpaired) electrons. The molecular formula is C12H26N2. The molecule has 0 bridgehead atoms. The van der Waals surface area contributed by atoms with Crippen molar-refractivity contribution in [3.63, 3.8) is 0 Å². The van der Waals surface area contributed by atoms with Gasteiger partial charge in [0.1, 0.15) is 0 Å². The van der Waals surface area contributed by atoms with E-state index >= 15 is 0 Å². The van der Waals surface area contributed by atoms with Crippen LogP contribution in [-0.2, 0) is 0 Å². The van der Waals surface area contributed by atoms with Crippen molar-refractivity contribution in [2.24, 2.45) is 11.7 Å². The van der Waals surface area contributed by atoms with Gasteiger partial charge in [0, 0.05) is 18.6 Å². The van der Waals surface area contributed by atoms with E-state index in [9.17, 15) is 0 Å². The maximum atomic E-state index is 6.00. The Kier molecular flexibility index (Phi) is 4.90. The highest BCUT2D eigenvalue weighted by Crippen LogP contribution is 2.21. The monoisotopic (exact) mass is 198 g/mol. The van der Waals surface area contributed by atoms with Crippen molar-refractivity contribution >= 4 is 0 Å². The first-order valence-electron chi connectivity index (χ1n) is 6.18. The van der Waals surface area contributed by atoms with Crippen molar-refractivity contribution in [1.82, 2.24) is 4.90 Å². The van der Waals surface area contributed by atoms with E-state index < -0.39 is 0 Å². The van der Waals surface area contributed by atoms with Crippen molar-refractivity contribution in [2.45, 2.75) is 58.5 Å². The van der Waals surface area contributed by atoms with Crippen LogP contribution in [0.25, 0.3) is 0 Å². The summed E-state index contributed by atoms with van der Waals surface area (Å²) in [5, 5.41) is 0. The van der Waals surface area contributed by atoms with Crippen molar-refractivity contribution in [3.05, 3.63) is 0 Å². The van der Waals surface area contributed by atoms with Crippen LogP contribution in [0.4, 0.5) is 0 Å². The van der Waals surface area contributed by atoms with E-state index in [1.54, 1.807) is 0 Å². The molecule has 0 aliphatic carbocycles. The number of nitrogens with zero attached hydrogens (tertiary/aromatic N) is 1. The molecule has 0 aromatic rings. The fourth-order valence-electron chi connectivity index (χ4n) is 2.68. The highest BCUT2D eigenvalue weighted by atomic mass is 15.2. The normalized spacial score (nSPS) is 26.8. The van der Waals surface area contributed by atoms with Crippen LogP contribution in [0.3, 0.4) is 0 Å². The first kappa shape index (κ1) is 12.0.